The van der Waals surface area contributed by atoms with Crippen molar-refractivity contribution >= 4 is 17.9 Å². The van der Waals surface area contributed by atoms with Crippen molar-refractivity contribution in [1.29, 1.82) is 0 Å². The zero-order valence-corrected chi connectivity index (χ0v) is 50.9. The third kappa shape index (κ3) is 62.7. The van der Waals surface area contributed by atoms with Gasteiger partial charge in [0.2, 0.25) is 0 Å². The van der Waals surface area contributed by atoms with Crippen molar-refractivity contribution in [3.05, 3.63) is 122 Å². The first-order valence-electron chi connectivity index (χ1n) is 32.5. The molecule has 0 aliphatic carbocycles. The standard InChI is InChI=1S/C72H120O6/c1-4-7-10-13-16-19-22-25-27-29-30-31-32-33-34-35-36-37-38-39-40-41-42-44-45-47-50-53-56-59-62-65-71(74)77-68-69(67-76-70(73)64-61-58-55-52-49-24-21-18-15-12-9-6-3)78-72(75)66-63-60-57-54-51-48-46-43-28-26-23-20-17-14-11-8-5-2/h7-8,10-11,16-21,25-28,30-31,33-34,46,48,69H,4-6,9,12-15,22-24,29,32,35-45,47,49-68H2,1-3H3/b10-7-,11-8-,19-16-,20-17-,21-18-,27-25-,28-26-,31-30-,34-33-,48-46-. The number of allylic oxidation sites excluding steroid dienone is 20. The highest BCUT2D eigenvalue weighted by atomic mass is 16.6. The summed E-state index contributed by atoms with van der Waals surface area (Å²) in [6, 6.07) is 0. The van der Waals surface area contributed by atoms with Gasteiger partial charge in [0.05, 0.1) is 0 Å². The van der Waals surface area contributed by atoms with Gasteiger partial charge in [0.15, 0.2) is 6.10 Å². The molecule has 0 spiro atoms. The highest BCUT2D eigenvalue weighted by molar-refractivity contribution is 5.71. The van der Waals surface area contributed by atoms with Gasteiger partial charge in [-0.05, 0) is 128 Å². The fourth-order valence-corrected chi connectivity index (χ4v) is 8.87. The molecule has 0 aliphatic rings. The minimum Gasteiger partial charge on any atom is -0.462 e. The molecule has 0 saturated heterocycles. The molecule has 0 amide bonds. The summed E-state index contributed by atoms with van der Waals surface area (Å²) in [4.78, 5) is 38.3. The summed E-state index contributed by atoms with van der Waals surface area (Å²) in [5.74, 6) is -0.919. The van der Waals surface area contributed by atoms with Crippen molar-refractivity contribution in [2.75, 3.05) is 13.2 Å². The summed E-state index contributed by atoms with van der Waals surface area (Å²) in [6.45, 7) is 6.37. The Morgan fingerprint density at radius 1 is 0.269 bits per heavy atom. The number of esters is 3. The third-order valence-electron chi connectivity index (χ3n) is 13.7. The summed E-state index contributed by atoms with van der Waals surface area (Å²) >= 11 is 0. The van der Waals surface area contributed by atoms with Crippen LogP contribution >= 0.6 is 0 Å². The van der Waals surface area contributed by atoms with Crippen LogP contribution in [0.4, 0.5) is 0 Å². The predicted octanol–water partition coefficient (Wildman–Crippen LogP) is 22.4. The second-order valence-electron chi connectivity index (χ2n) is 21.3. The van der Waals surface area contributed by atoms with Crippen molar-refractivity contribution in [2.24, 2.45) is 0 Å². The summed E-state index contributed by atoms with van der Waals surface area (Å²) in [7, 11) is 0. The molecule has 0 saturated carbocycles. The molecule has 1 unspecified atom stereocenters. The Balaban J connectivity index is 4.24. The topological polar surface area (TPSA) is 78.9 Å². The molecule has 0 rings (SSSR count). The largest absolute Gasteiger partial charge is 0.462 e. The molecule has 0 radical (unpaired) electrons. The zero-order chi connectivity index (χ0) is 56.4. The molecular formula is C72H120O6. The van der Waals surface area contributed by atoms with Crippen LogP contribution in [0.15, 0.2) is 122 Å². The van der Waals surface area contributed by atoms with Gasteiger partial charge in [-0.3, -0.25) is 14.4 Å². The average Bonchev–Trinajstić information content (AvgIpc) is 3.44. The maximum absolute atomic E-state index is 12.9. The number of ether oxygens (including phenoxy) is 3. The first kappa shape index (κ1) is 73.8. The fourth-order valence-electron chi connectivity index (χ4n) is 8.87. The molecular weight excluding hydrogens is 961 g/mol. The number of carbonyl (C=O) groups excluding carboxylic acids is 3. The zero-order valence-electron chi connectivity index (χ0n) is 50.9. The lowest BCUT2D eigenvalue weighted by Crippen LogP contribution is -2.30. The van der Waals surface area contributed by atoms with E-state index in [0.29, 0.717) is 19.3 Å². The Morgan fingerprint density at radius 2 is 0.500 bits per heavy atom. The van der Waals surface area contributed by atoms with E-state index in [1.54, 1.807) is 0 Å². The molecule has 78 heavy (non-hydrogen) atoms. The maximum atomic E-state index is 12.9. The second-order valence-corrected chi connectivity index (χ2v) is 21.3. The SMILES string of the molecule is CC/C=C\C/C=C\C/C=C\C/C=C\C/C=C\CCCCCCCCCCCCCCCCCC(=O)OCC(COC(=O)CCCCCCC/C=C\CCCCC)OC(=O)CCCCCC/C=C\C/C=C\C/C=C\C/C=C\CC. The van der Waals surface area contributed by atoms with E-state index in [1.807, 2.05) is 0 Å². The Hall–Kier alpha value is -4.19. The third-order valence-corrected chi connectivity index (χ3v) is 13.7. The van der Waals surface area contributed by atoms with E-state index in [4.69, 9.17) is 14.2 Å². The molecule has 0 aromatic rings. The quantitative estimate of drug-likeness (QED) is 0.0261. The van der Waals surface area contributed by atoms with Crippen LogP contribution in [0.3, 0.4) is 0 Å². The minimum atomic E-state index is -0.797. The number of hydrogen-bond donors (Lipinski definition) is 0. The lowest BCUT2D eigenvalue weighted by Gasteiger charge is -2.18. The molecule has 6 heteroatoms. The lowest BCUT2D eigenvalue weighted by molar-refractivity contribution is -0.167. The first-order chi connectivity index (χ1) is 38.5. The van der Waals surface area contributed by atoms with Crippen molar-refractivity contribution in [2.45, 2.75) is 303 Å². The monoisotopic (exact) mass is 1080 g/mol. The van der Waals surface area contributed by atoms with Gasteiger partial charge in [-0.2, -0.15) is 0 Å². The molecule has 0 fully saturated rings. The van der Waals surface area contributed by atoms with Gasteiger partial charge in [0.25, 0.3) is 0 Å². The Bertz CT molecular complexity index is 1620. The fraction of sp³-hybridized carbons (Fsp3) is 0.681. The molecule has 0 heterocycles. The van der Waals surface area contributed by atoms with Crippen LogP contribution < -0.4 is 0 Å². The molecule has 6 nitrogen and oxygen atoms in total. The Labute approximate surface area is 482 Å². The van der Waals surface area contributed by atoms with Gasteiger partial charge in [0.1, 0.15) is 13.2 Å². The highest BCUT2D eigenvalue weighted by Gasteiger charge is 2.19. The Morgan fingerprint density at radius 3 is 0.795 bits per heavy atom. The second kappa shape index (κ2) is 65.3. The summed E-state index contributed by atoms with van der Waals surface area (Å²) in [5, 5.41) is 0. The summed E-state index contributed by atoms with van der Waals surface area (Å²) in [6.07, 6.45) is 90.7. The van der Waals surface area contributed by atoms with E-state index in [9.17, 15) is 14.4 Å². The van der Waals surface area contributed by atoms with E-state index in [2.05, 4.69) is 142 Å². The van der Waals surface area contributed by atoms with Crippen molar-refractivity contribution in [3.63, 3.8) is 0 Å². The van der Waals surface area contributed by atoms with Gasteiger partial charge in [-0.25, -0.2) is 0 Å². The van der Waals surface area contributed by atoms with Crippen LogP contribution in [-0.2, 0) is 28.6 Å². The highest BCUT2D eigenvalue weighted by Crippen LogP contribution is 2.16. The van der Waals surface area contributed by atoms with Gasteiger partial charge in [-0.1, -0.05) is 271 Å². The van der Waals surface area contributed by atoms with E-state index in [0.717, 1.165) is 135 Å². The Kier molecular flexibility index (Phi) is 61.8. The van der Waals surface area contributed by atoms with E-state index in [1.165, 1.54) is 122 Å². The molecule has 444 valence electrons. The van der Waals surface area contributed by atoms with Gasteiger partial charge in [0, 0.05) is 19.3 Å². The maximum Gasteiger partial charge on any atom is 0.306 e. The van der Waals surface area contributed by atoms with Gasteiger partial charge >= 0.3 is 17.9 Å². The van der Waals surface area contributed by atoms with Gasteiger partial charge < -0.3 is 14.2 Å². The average molecular weight is 1080 g/mol. The van der Waals surface area contributed by atoms with Crippen molar-refractivity contribution in [3.8, 4) is 0 Å². The molecule has 0 aliphatic heterocycles. The molecule has 0 aromatic carbocycles. The van der Waals surface area contributed by atoms with E-state index >= 15 is 0 Å². The van der Waals surface area contributed by atoms with Crippen LogP contribution in [0, 0.1) is 0 Å². The number of carbonyl (C=O) groups is 3. The van der Waals surface area contributed by atoms with Gasteiger partial charge in [-0.15, -0.1) is 0 Å². The predicted molar refractivity (Wildman–Crippen MR) is 339 cm³/mol. The van der Waals surface area contributed by atoms with E-state index in [-0.39, 0.29) is 31.1 Å². The number of rotatable bonds is 58. The normalized spacial score (nSPS) is 12.9. The lowest BCUT2D eigenvalue weighted by atomic mass is 10.0. The van der Waals surface area contributed by atoms with Crippen LogP contribution in [0.5, 0.6) is 0 Å². The molecule has 0 bridgehead atoms. The molecule has 0 aromatic heterocycles. The van der Waals surface area contributed by atoms with Crippen LogP contribution in [0.25, 0.3) is 0 Å². The summed E-state index contributed by atoms with van der Waals surface area (Å²) in [5.41, 5.74) is 0. The first-order valence-corrected chi connectivity index (χ1v) is 32.5. The van der Waals surface area contributed by atoms with E-state index < -0.39 is 6.10 Å². The smallest absolute Gasteiger partial charge is 0.306 e. The minimum absolute atomic E-state index is 0.0911. The molecule has 0 N–H and O–H groups in total. The number of hydrogen-bond acceptors (Lipinski definition) is 6. The van der Waals surface area contributed by atoms with Crippen LogP contribution in [0.1, 0.15) is 297 Å². The van der Waals surface area contributed by atoms with Crippen molar-refractivity contribution < 1.29 is 28.6 Å². The van der Waals surface area contributed by atoms with Crippen LogP contribution in [-0.4, -0.2) is 37.2 Å². The summed E-state index contributed by atoms with van der Waals surface area (Å²) < 4.78 is 16.9. The molecule has 1 atom stereocenters. The van der Waals surface area contributed by atoms with Crippen LogP contribution in [0.2, 0.25) is 0 Å². The van der Waals surface area contributed by atoms with Crippen molar-refractivity contribution in [1.82, 2.24) is 0 Å². The number of unbranched alkanes of at least 4 members (excludes halogenated alkanes) is 27.